The molecule has 0 spiro atoms. The van der Waals surface area contributed by atoms with E-state index in [9.17, 15) is 8.42 Å². The van der Waals surface area contributed by atoms with Crippen LogP contribution in [0.3, 0.4) is 0 Å². The summed E-state index contributed by atoms with van der Waals surface area (Å²) in [5.41, 5.74) is 1.12. The van der Waals surface area contributed by atoms with Crippen LogP contribution in [0.1, 0.15) is 0 Å². The van der Waals surface area contributed by atoms with Gasteiger partial charge in [-0.2, -0.15) is 8.42 Å². The molecule has 0 fully saturated rings. The summed E-state index contributed by atoms with van der Waals surface area (Å²) in [5.74, 6) is 0.368. The molecule has 0 unspecified atom stereocenters. The van der Waals surface area contributed by atoms with Crippen LogP contribution in [0.5, 0.6) is 0 Å². The minimum Gasteiger partial charge on any atom is -0.423 e. The monoisotopic (exact) mass is 291 g/mol. The quantitative estimate of drug-likeness (QED) is 0.748. The van der Waals surface area contributed by atoms with Crippen molar-refractivity contribution < 1.29 is 12.8 Å². The van der Waals surface area contributed by atoms with Crippen LogP contribution < -0.4 is 4.72 Å². The first-order valence-corrected chi connectivity index (χ1v) is 7.01. The highest BCUT2D eigenvalue weighted by atomic mass is 32.2. The SMILES string of the molecule is O=S(=O)(Nc1ccc(-c2nnco2)cc1)c1cnc[nH]1. The fraction of sp³-hybridized carbons (Fsp3) is 0. The van der Waals surface area contributed by atoms with Crippen LogP contribution in [0.2, 0.25) is 0 Å². The van der Waals surface area contributed by atoms with Crippen molar-refractivity contribution in [1.29, 1.82) is 0 Å². The molecule has 2 heterocycles. The molecule has 2 aromatic heterocycles. The fourth-order valence-electron chi connectivity index (χ4n) is 1.58. The van der Waals surface area contributed by atoms with Gasteiger partial charge in [-0.15, -0.1) is 10.2 Å². The van der Waals surface area contributed by atoms with Gasteiger partial charge in [-0.3, -0.25) is 4.72 Å². The highest BCUT2D eigenvalue weighted by Gasteiger charge is 2.15. The van der Waals surface area contributed by atoms with E-state index >= 15 is 0 Å². The Hall–Kier alpha value is -2.68. The molecule has 0 saturated carbocycles. The van der Waals surface area contributed by atoms with Gasteiger partial charge in [0.2, 0.25) is 12.3 Å². The molecule has 0 atom stereocenters. The second kappa shape index (κ2) is 4.78. The number of aromatic amines is 1. The standard InChI is InChI=1S/C11H9N5O3S/c17-20(18,10-5-12-6-13-10)16-9-3-1-8(2-4-9)11-15-14-7-19-11/h1-7,16H,(H,12,13). The van der Waals surface area contributed by atoms with Crippen LogP contribution >= 0.6 is 0 Å². The topological polar surface area (TPSA) is 114 Å². The average molecular weight is 291 g/mol. The summed E-state index contributed by atoms with van der Waals surface area (Å²) in [7, 11) is -3.66. The lowest BCUT2D eigenvalue weighted by molar-refractivity contribution is 0.568. The van der Waals surface area contributed by atoms with Gasteiger partial charge in [0.05, 0.1) is 12.5 Å². The van der Waals surface area contributed by atoms with E-state index in [-0.39, 0.29) is 5.03 Å². The van der Waals surface area contributed by atoms with Gasteiger partial charge >= 0.3 is 0 Å². The zero-order valence-corrected chi connectivity index (χ0v) is 10.8. The number of sulfonamides is 1. The smallest absolute Gasteiger partial charge is 0.278 e. The number of hydrogen-bond donors (Lipinski definition) is 2. The van der Waals surface area contributed by atoms with Gasteiger partial charge in [0.25, 0.3) is 10.0 Å². The predicted octanol–water partition coefficient (Wildman–Crippen LogP) is 1.26. The first-order valence-electron chi connectivity index (χ1n) is 5.53. The third-order valence-corrected chi connectivity index (χ3v) is 3.81. The normalized spacial score (nSPS) is 11.4. The number of imidazole rings is 1. The molecule has 3 rings (SSSR count). The van der Waals surface area contributed by atoms with Gasteiger partial charge < -0.3 is 9.40 Å². The third kappa shape index (κ3) is 2.38. The predicted molar refractivity (Wildman–Crippen MR) is 69.1 cm³/mol. The number of rotatable bonds is 4. The summed E-state index contributed by atoms with van der Waals surface area (Å²) < 4.78 is 31.4. The zero-order chi connectivity index (χ0) is 14.0. The Morgan fingerprint density at radius 2 is 2.00 bits per heavy atom. The number of nitrogens with zero attached hydrogens (tertiary/aromatic N) is 3. The molecule has 102 valence electrons. The molecule has 0 aliphatic heterocycles. The minimum atomic E-state index is -3.66. The first-order chi connectivity index (χ1) is 9.65. The van der Waals surface area contributed by atoms with E-state index in [1.54, 1.807) is 24.3 Å². The summed E-state index contributed by atoms with van der Waals surface area (Å²) in [6.07, 6.45) is 3.76. The molecular formula is C11H9N5O3S. The Labute approximate surface area is 113 Å². The maximum absolute atomic E-state index is 12.0. The van der Waals surface area contributed by atoms with Crippen LogP contribution in [-0.2, 0) is 10.0 Å². The maximum Gasteiger partial charge on any atom is 0.278 e. The molecule has 3 aromatic rings. The number of aromatic nitrogens is 4. The van der Waals surface area contributed by atoms with Crippen molar-refractivity contribution in [2.45, 2.75) is 5.03 Å². The summed E-state index contributed by atoms with van der Waals surface area (Å²) in [6.45, 7) is 0. The lowest BCUT2D eigenvalue weighted by Crippen LogP contribution is -2.13. The van der Waals surface area contributed by atoms with E-state index in [2.05, 4.69) is 24.9 Å². The molecule has 9 heteroatoms. The molecule has 0 saturated heterocycles. The fourth-order valence-corrected chi connectivity index (χ4v) is 2.54. The number of hydrogen-bond acceptors (Lipinski definition) is 6. The van der Waals surface area contributed by atoms with E-state index in [4.69, 9.17) is 4.42 Å². The highest BCUT2D eigenvalue weighted by molar-refractivity contribution is 7.92. The molecular weight excluding hydrogens is 282 g/mol. The van der Waals surface area contributed by atoms with Gasteiger partial charge in [-0.25, -0.2) is 4.98 Å². The minimum absolute atomic E-state index is 0.00141. The summed E-state index contributed by atoms with van der Waals surface area (Å²) >= 11 is 0. The Kier molecular flexibility index (Phi) is 2.95. The Bertz CT molecular complexity index is 779. The molecule has 0 aliphatic rings. The number of anilines is 1. The van der Waals surface area contributed by atoms with E-state index in [1.165, 1.54) is 18.9 Å². The Morgan fingerprint density at radius 3 is 2.60 bits per heavy atom. The van der Waals surface area contributed by atoms with Gasteiger partial charge in [0, 0.05) is 11.3 Å². The molecule has 0 aliphatic carbocycles. The molecule has 0 radical (unpaired) electrons. The van der Waals surface area contributed by atoms with Gasteiger partial charge in [-0.1, -0.05) is 0 Å². The zero-order valence-electron chi connectivity index (χ0n) is 10.0. The van der Waals surface area contributed by atoms with Crippen molar-refractivity contribution >= 4 is 15.7 Å². The van der Waals surface area contributed by atoms with Crippen molar-refractivity contribution in [3.8, 4) is 11.5 Å². The van der Waals surface area contributed by atoms with E-state index in [1.807, 2.05) is 0 Å². The summed E-state index contributed by atoms with van der Waals surface area (Å²) in [5, 5.41) is 7.34. The van der Waals surface area contributed by atoms with Crippen LogP contribution in [0.25, 0.3) is 11.5 Å². The number of benzene rings is 1. The van der Waals surface area contributed by atoms with Gasteiger partial charge in [-0.05, 0) is 24.3 Å². The third-order valence-electron chi connectivity index (χ3n) is 2.51. The van der Waals surface area contributed by atoms with Crippen molar-refractivity contribution in [2.24, 2.45) is 0 Å². The first kappa shape index (κ1) is 12.4. The van der Waals surface area contributed by atoms with E-state index in [0.29, 0.717) is 17.1 Å². The van der Waals surface area contributed by atoms with Crippen LogP contribution in [0.15, 0.2) is 52.6 Å². The van der Waals surface area contributed by atoms with Crippen molar-refractivity contribution in [2.75, 3.05) is 4.72 Å². The van der Waals surface area contributed by atoms with Crippen LogP contribution in [-0.4, -0.2) is 28.6 Å². The molecule has 0 amide bonds. The molecule has 20 heavy (non-hydrogen) atoms. The Balaban J connectivity index is 1.83. The van der Waals surface area contributed by atoms with Crippen LogP contribution in [0, 0.1) is 0 Å². The highest BCUT2D eigenvalue weighted by Crippen LogP contribution is 2.20. The molecule has 0 bridgehead atoms. The van der Waals surface area contributed by atoms with E-state index < -0.39 is 10.0 Å². The molecule has 2 N–H and O–H groups in total. The van der Waals surface area contributed by atoms with E-state index in [0.717, 1.165) is 0 Å². The second-order valence-corrected chi connectivity index (χ2v) is 5.49. The average Bonchev–Trinajstić information content (AvgIpc) is 3.13. The summed E-state index contributed by atoms with van der Waals surface area (Å²) in [4.78, 5) is 6.21. The Morgan fingerprint density at radius 1 is 1.20 bits per heavy atom. The number of nitrogens with one attached hydrogen (secondary N) is 2. The number of H-pyrrole nitrogens is 1. The van der Waals surface area contributed by atoms with Crippen LogP contribution in [0.4, 0.5) is 5.69 Å². The molecule has 1 aromatic carbocycles. The van der Waals surface area contributed by atoms with Crippen molar-refractivity contribution in [3.05, 3.63) is 43.2 Å². The second-order valence-electron chi connectivity index (χ2n) is 3.84. The largest absolute Gasteiger partial charge is 0.423 e. The maximum atomic E-state index is 12.0. The van der Waals surface area contributed by atoms with Gasteiger partial charge in [0.1, 0.15) is 0 Å². The summed E-state index contributed by atoms with van der Waals surface area (Å²) in [6, 6.07) is 6.57. The molecule has 8 nitrogen and oxygen atoms in total. The van der Waals surface area contributed by atoms with Gasteiger partial charge in [0.15, 0.2) is 5.03 Å². The lowest BCUT2D eigenvalue weighted by atomic mass is 10.2. The lowest BCUT2D eigenvalue weighted by Gasteiger charge is -2.06. The van der Waals surface area contributed by atoms with Crippen molar-refractivity contribution in [3.63, 3.8) is 0 Å². The van der Waals surface area contributed by atoms with Crippen molar-refractivity contribution in [1.82, 2.24) is 20.2 Å².